The average Bonchev–Trinajstić information content (AvgIpc) is 2.55. The number of carbonyl (C=O) groups is 1. The highest BCUT2D eigenvalue weighted by Gasteiger charge is 2.10. The van der Waals surface area contributed by atoms with Gasteiger partial charge in [-0.05, 0) is 42.2 Å². The molecule has 0 heterocycles. The Bertz CT molecular complexity index is 771. The first-order chi connectivity index (χ1) is 11.9. The standard InChI is InChI=1S/C19H20ClFN2O2/c1-12(2)14-8-7-13(3)9-18(14)25-11-19(24)23-22-10-15-16(20)5-4-6-17(15)21/h4-10,12H,11H2,1-3H3,(H,23,24). The minimum atomic E-state index is -0.511. The maximum Gasteiger partial charge on any atom is 0.277 e. The third-order valence-corrected chi connectivity index (χ3v) is 3.86. The Morgan fingerprint density at radius 3 is 2.80 bits per heavy atom. The summed E-state index contributed by atoms with van der Waals surface area (Å²) in [5.41, 5.74) is 4.49. The Labute approximate surface area is 151 Å². The lowest BCUT2D eigenvalue weighted by molar-refractivity contribution is -0.123. The van der Waals surface area contributed by atoms with E-state index in [0.717, 1.165) is 11.1 Å². The smallest absolute Gasteiger partial charge is 0.277 e. The van der Waals surface area contributed by atoms with Crippen LogP contribution in [0.2, 0.25) is 5.02 Å². The summed E-state index contributed by atoms with van der Waals surface area (Å²) in [5.74, 6) is -0.00540. The number of hydrazone groups is 1. The SMILES string of the molecule is Cc1ccc(C(C)C)c(OCC(=O)NN=Cc2c(F)cccc2Cl)c1. The van der Waals surface area contributed by atoms with Crippen molar-refractivity contribution in [2.24, 2.45) is 5.10 Å². The van der Waals surface area contributed by atoms with Crippen LogP contribution in [0.1, 0.15) is 36.5 Å². The molecular weight excluding hydrogens is 343 g/mol. The van der Waals surface area contributed by atoms with Gasteiger partial charge in [-0.25, -0.2) is 9.82 Å². The molecule has 4 nitrogen and oxygen atoms in total. The van der Waals surface area contributed by atoms with Gasteiger partial charge >= 0.3 is 0 Å². The fourth-order valence-electron chi connectivity index (χ4n) is 2.22. The zero-order valence-corrected chi connectivity index (χ0v) is 15.1. The van der Waals surface area contributed by atoms with Crippen molar-refractivity contribution in [2.45, 2.75) is 26.7 Å². The lowest BCUT2D eigenvalue weighted by atomic mass is 10.0. The van der Waals surface area contributed by atoms with E-state index in [1.54, 1.807) is 6.07 Å². The van der Waals surface area contributed by atoms with Crippen molar-refractivity contribution < 1.29 is 13.9 Å². The number of nitrogens with one attached hydrogen (secondary N) is 1. The normalized spacial score (nSPS) is 11.1. The molecule has 0 aliphatic heterocycles. The molecular formula is C19H20ClFN2O2. The van der Waals surface area contributed by atoms with Crippen LogP contribution in [0.4, 0.5) is 4.39 Å². The Hall–Kier alpha value is -2.40. The van der Waals surface area contributed by atoms with E-state index >= 15 is 0 Å². The second kappa shape index (κ2) is 8.62. The maximum absolute atomic E-state index is 13.6. The van der Waals surface area contributed by atoms with E-state index in [1.165, 1.54) is 18.3 Å². The molecule has 0 spiro atoms. The Kier molecular flexibility index (Phi) is 6.53. The molecule has 0 aliphatic carbocycles. The number of hydrogen-bond donors (Lipinski definition) is 1. The predicted molar refractivity (Wildman–Crippen MR) is 97.9 cm³/mol. The van der Waals surface area contributed by atoms with Crippen LogP contribution in [0.3, 0.4) is 0 Å². The quantitative estimate of drug-likeness (QED) is 0.610. The number of nitrogens with zero attached hydrogens (tertiary/aromatic N) is 1. The second-order valence-corrected chi connectivity index (χ2v) is 6.32. The first-order valence-electron chi connectivity index (χ1n) is 7.87. The van der Waals surface area contributed by atoms with Gasteiger partial charge < -0.3 is 4.74 Å². The molecule has 0 saturated carbocycles. The fraction of sp³-hybridized carbons (Fsp3) is 0.263. The zero-order valence-electron chi connectivity index (χ0n) is 14.3. The van der Waals surface area contributed by atoms with E-state index < -0.39 is 11.7 Å². The van der Waals surface area contributed by atoms with E-state index in [4.69, 9.17) is 16.3 Å². The van der Waals surface area contributed by atoms with E-state index in [0.29, 0.717) is 5.75 Å². The molecule has 0 aromatic heterocycles. The van der Waals surface area contributed by atoms with Gasteiger partial charge in [-0.2, -0.15) is 5.10 Å². The van der Waals surface area contributed by atoms with Crippen molar-refractivity contribution in [3.8, 4) is 5.75 Å². The second-order valence-electron chi connectivity index (χ2n) is 5.91. The van der Waals surface area contributed by atoms with Gasteiger partial charge in [0.1, 0.15) is 11.6 Å². The number of aryl methyl sites for hydroxylation is 1. The van der Waals surface area contributed by atoms with Gasteiger partial charge in [0.05, 0.1) is 11.2 Å². The number of carbonyl (C=O) groups excluding carboxylic acids is 1. The molecule has 132 valence electrons. The highest BCUT2D eigenvalue weighted by atomic mass is 35.5. The molecule has 1 N–H and O–H groups in total. The van der Waals surface area contributed by atoms with Crippen LogP contribution in [-0.2, 0) is 4.79 Å². The van der Waals surface area contributed by atoms with Crippen molar-refractivity contribution in [2.75, 3.05) is 6.61 Å². The Morgan fingerprint density at radius 1 is 1.36 bits per heavy atom. The maximum atomic E-state index is 13.6. The van der Waals surface area contributed by atoms with Gasteiger partial charge in [0.2, 0.25) is 0 Å². The largest absolute Gasteiger partial charge is 0.483 e. The number of halogens is 2. The van der Waals surface area contributed by atoms with Crippen LogP contribution in [0, 0.1) is 12.7 Å². The Morgan fingerprint density at radius 2 is 2.12 bits per heavy atom. The summed E-state index contributed by atoms with van der Waals surface area (Å²) < 4.78 is 19.2. The van der Waals surface area contributed by atoms with E-state index in [9.17, 15) is 9.18 Å². The molecule has 6 heteroatoms. The molecule has 0 saturated heterocycles. The van der Waals surface area contributed by atoms with Crippen LogP contribution < -0.4 is 10.2 Å². The Balaban J connectivity index is 1.96. The molecule has 2 rings (SSSR count). The van der Waals surface area contributed by atoms with Crippen LogP contribution in [0.15, 0.2) is 41.5 Å². The van der Waals surface area contributed by atoms with Gasteiger partial charge in [-0.3, -0.25) is 4.79 Å². The lowest BCUT2D eigenvalue weighted by Gasteiger charge is -2.14. The summed E-state index contributed by atoms with van der Waals surface area (Å²) in [6.45, 7) is 5.88. The van der Waals surface area contributed by atoms with Crippen LogP contribution >= 0.6 is 11.6 Å². The molecule has 0 bridgehead atoms. The molecule has 0 unspecified atom stereocenters. The summed E-state index contributed by atoms with van der Waals surface area (Å²) in [4.78, 5) is 11.9. The summed E-state index contributed by atoms with van der Waals surface area (Å²) in [5, 5.41) is 3.94. The van der Waals surface area contributed by atoms with Gasteiger partial charge in [0, 0.05) is 5.56 Å². The van der Waals surface area contributed by atoms with Crippen molar-refractivity contribution in [1.29, 1.82) is 0 Å². The minimum absolute atomic E-state index is 0.117. The van der Waals surface area contributed by atoms with Gasteiger partial charge in [0.15, 0.2) is 6.61 Å². The third-order valence-electron chi connectivity index (χ3n) is 3.53. The topological polar surface area (TPSA) is 50.7 Å². The number of benzene rings is 2. The molecule has 2 aromatic carbocycles. The fourth-order valence-corrected chi connectivity index (χ4v) is 2.43. The summed E-state index contributed by atoms with van der Waals surface area (Å²) in [6, 6.07) is 10.2. The van der Waals surface area contributed by atoms with E-state index in [-0.39, 0.29) is 23.1 Å². The van der Waals surface area contributed by atoms with Crippen molar-refractivity contribution in [3.05, 3.63) is 63.9 Å². The first kappa shape index (κ1) is 18.9. The lowest BCUT2D eigenvalue weighted by Crippen LogP contribution is -2.25. The predicted octanol–water partition coefficient (Wildman–Crippen LogP) is 4.44. The summed E-state index contributed by atoms with van der Waals surface area (Å²) in [7, 11) is 0. The molecule has 1 amide bonds. The molecule has 0 aliphatic rings. The van der Waals surface area contributed by atoms with Crippen molar-refractivity contribution in [1.82, 2.24) is 5.43 Å². The molecule has 0 atom stereocenters. The van der Waals surface area contributed by atoms with Gasteiger partial charge in [-0.1, -0.05) is 43.6 Å². The van der Waals surface area contributed by atoms with Crippen molar-refractivity contribution in [3.63, 3.8) is 0 Å². The molecule has 0 radical (unpaired) electrons. The first-order valence-corrected chi connectivity index (χ1v) is 8.25. The third kappa shape index (κ3) is 5.29. The summed E-state index contributed by atoms with van der Waals surface area (Å²) >= 11 is 5.88. The number of hydrogen-bond acceptors (Lipinski definition) is 3. The van der Waals surface area contributed by atoms with Crippen LogP contribution in [0.25, 0.3) is 0 Å². The summed E-state index contributed by atoms with van der Waals surface area (Å²) in [6.07, 6.45) is 1.17. The zero-order chi connectivity index (χ0) is 18.4. The van der Waals surface area contributed by atoms with E-state index in [2.05, 4.69) is 24.4 Å². The molecule has 25 heavy (non-hydrogen) atoms. The minimum Gasteiger partial charge on any atom is -0.483 e. The van der Waals surface area contributed by atoms with E-state index in [1.807, 2.05) is 25.1 Å². The highest BCUT2D eigenvalue weighted by Crippen LogP contribution is 2.27. The van der Waals surface area contributed by atoms with Crippen LogP contribution in [-0.4, -0.2) is 18.7 Å². The monoisotopic (exact) mass is 362 g/mol. The highest BCUT2D eigenvalue weighted by molar-refractivity contribution is 6.33. The molecule has 2 aromatic rings. The number of ether oxygens (including phenoxy) is 1. The van der Waals surface area contributed by atoms with Gasteiger partial charge in [-0.15, -0.1) is 0 Å². The molecule has 0 fully saturated rings. The van der Waals surface area contributed by atoms with Crippen LogP contribution in [0.5, 0.6) is 5.75 Å². The number of rotatable bonds is 6. The van der Waals surface area contributed by atoms with Crippen molar-refractivity contribution >= 4 is 23.7 Å². The number of amides is 1. The average molecular weight is 363 g/mol. The van der Waals surface area contributed by atoms with Gasteiger partial charge in [0.25, 0.3) is 5.91 Å².